The minimum atomic E-state index is -0.831. The average molecular weight is 445 g/mol. The Morgan fingerprint density at radius 3 is 2.85 bits per heavy atom. The second kappa shape index (κ2) is 8.94. The number of hydrogen-bond acceptors (Lipinski definition) is 4. The largest absolute Gasteiger partial charge is 0.322 e. The van der Waals surface area contributed by atoms with E-state index in [1.807, 2.05) is 0 Å². The third-order valence-electron chi connectivity index (χ3n) is 4.38. The number of carbonyl (C=O) groups is 1. The number of nitrogens with zero attached hydrogens (tertiary/aromatic N) is 2. The van der Waals surface area contributed by atoms with E-state index in [0.717, 1.165) is 48.5 Å². The van der Waals surface area contributed by atoms with Crippen LogP contribution in [0.5, 0.6) is 0 Å². The number of amides is 1. The molecule has 0 bridgehead atoms. The lowest BCUT2D eigenvalue weighted by atomic mass is 10.0. The molecule has 0 saturated heterocycles. The first-order valence-corrected chi connectivity index (χ1v) is 10.3. The van der Waals surface area contributed by atoms with Gasteiger partial charge in [0.1, 0.15) is 11.6 Å². The highest BCUT2D eigenvalue weighted by atomic mass is 79.9. The van der Waals surface area contributed by atoms with Crippen molar-refractivity contribution in [2.75, 3.05) is 11.1 Å². The van der Waals surface area contributed by atoms with Crippen LogP contribution in [-0.4, -0.2) is 26.8 Å². The molecule has 1 aliphatic carbocycles. The number of thioether (sulfide) groups is 1. The molecule has 9 heteroatoms. The van der Waals surface area contributed by atoms with Crippen molar-refractivity contribution in [1.29, 1.82) is 0 Å². The van der Waals surface area contributed by atoms with Crippen molar-refractivity contribution < 1.29 is 13.6 Å². The first-order valence-electron chi connectivity index (χ1n) is 8.49. The molecule has 0 atom stereocenters. The molecule has 1 aromatic carbocycles. The topological polar surface area (TPSA) is 70.7 Å². The predicted molar refractivity (Wildman–Crippen MR) is 100 cm³/mol. The standard InChI is InChI=1S/C17H19BrF2N4OS/c18-12-7-11(19)8-13(20)16(12)22-15(25)9-26-17-21-14(23-24-17)6-5-10-3-1-2-4-10/h7-8,10H,1-6,9H2,(H,22,25)(H,21,23,24). The summed E-state index contributed by atoms with van der Waals surface area (Å²) in [6.07, 6.45) is 7.21. The van der Waals surface area contributed by atoms with E-state index in [1.165, 1.54) is 25.7 Å². The van der Waals surface area contributed by atoms with E-state index in [-0.39, 0.29) is 15.9 Å². The molecule has 0 spiro atoms. The maximum absolute atomic E-state index is 13.7. The van der Waals surface area contributed by atoms with Gasteiger partial charge in [-0.05, 0) is 34.3 Å². The molecule has 1 saturated carbocycles. The molecule has 0 aliphatic heterocycles. The van der Waals surface area contributed by atoms with Gasteiger partial charge >= 0.3 is 0 Å². The summed E-state index contributed by atoms with van der Waals surface area (Å²) in [5.74, 6) is -0.324. The van der Waals surface area contributed by atoms with Gasteiger partial charge in [0.25, 0.3) is 0 Å². The molecule has 1 amide bonds. The van der Waals surface area contributed by atoms with E-state index >= 15 is 0 Å². The summed E-state index contributed by atoms with van der Waals surface area (Å²) in [7, 11) is 0. The Kier molecular flexibility index (Phi) is 6.63. The fourth-order valence-electron chi connectivity index (χ4n) is 3.06. The number of benzene rings is 1. The summed E-state index contributed by atoms with van der Waals surface area (Å²) >= 11 is 4.20. The van der Waals surface area contributed by atoms with Crippen molar-refractivity contribution in [3.05, 3.63) is 34.1 Å². The molecule has 2 aromatic rings. The average Bonchev–Trinajstić information content (AvgIpc) is 3.25. The Morgan fingerprint density at radius 1 is 1.35 bits per heavy atom. The Labute approximate surface area is 162 Å². The van der Waals surface area contributed by atoms with E-state index in [9.17, 15) is 13.6 Å². The number of nitrogens with one attached hydrogen (secondary N) is 2. The van der Waals surface area contributed by atoms with Crippen LogP contribution in [0.2, 0.25) is 0 Å². The van der Waals surface area contributed by atoms with Crippen molar-refractivity contribution in [3.8, 4) is 0 Å². The lowest BCUT2D eigenvalue weighted by Gasteiger charge is -2.08. The number of aromatic nitrogens is 3. The number of hydrogen-bond donors (Lipinski definition) is 2. The third kappa shape index (κ3) is 5.26. The summed E-state index contributed by atoms with van der Waals surface area (Å²) in [4.78, 5) is 16.4. The van der Waals surface area contributed by atoms with Crippen LogP contribution in [0, 0.1) is 17.6 Å². The number of anilines is 1. The van der Waals surface area contributed by atoms with Crippen LogP contribution in [0.25, 0.3) is 0 Å². The van der Waals surface area contributed by atoms with Gasteiger partial charge in [-0.3, -0.25) is 9.89 Å². The van der Waals surface area contributed by atoms with Crippen LogP contribution in [0.3, 0.4) is 0 Å². The van der Waals surface area contributed by atoms with E-state index in [1.54, 1.807) is 0 Å². The van der Waals surface area contributed by atoms with Crippen LogP contribution in [-0.2, 0) is 11.2 Å². The lowest BCUT2D eigenvalue weighted by molar-refractivity contribution is -0.113. The van der Waals surface area contributed by atoms with Gasteiger partial charge in [0.2, 0.25) is 11.1 Å². The molecule has 1 fully saturated rings. The molecular formula is C17H19BrF2N4OS. The molecule has 0 unspecified atom stereocenters. The Balaban J connectivity index is 1.47. The molecule has 0 radical (unpaired) electrons. The van der Waals surface area contributed by atoms with Crippen LogP contribution in [0.15, 0.2) is 21.8 Å². The third-order valence-corrected chi connectivity index (χ3v) is 5.85. The SMILES string of the molecule is O=C(CSc1n[nH]c(CCC2CCCC2)n1)Nc1c(F)cc(F)cc1Br. The van der Waals surface area contributed by atoms with Gasteiger partial charge in [0.05, 0.1) is 11.4 Å². The van der Waals surface area contributed by atoms with E-state index in [4.69, 9.17) is 0 Å². The molecular weight excluding hydrogens is 426 g/mol. The molecule has 1 heterocycles. The number of halogens is 3. The van der Waals surface area contributed by atoms with Gasteiger partial charge in [0, 0.05) is 17.0 Å². The number of H-pyrrole nitrogens is 1. The Morgan fingerprint density at radius 2 is 2.12 bits per heavy atom. The van der Waals surface area contributed by atoms with Crippen molar-refractivity contribution in [1.82, 2.24) is 15.2 Å². The second-order valence-corrected chi connectivity index (χ2v) is 8.13. The summed E-state index contributed by atoms with van der Waals surface area (Å²) in [5, 5.41) is 9.92. The van der Waals surface area contributed by atoms with Crippen LogP contribution in [0.4, 0.5) is 14.5 Å². The second-order valence-electron chi connectivity index (χ2n) is 6.34. The summed E-state index contributed by atoms with van der Waals surface area (Å²) in [5.41, 5.74) is -0.0794. The Bertz CT molecular complexity index is 757. The smallest absolute Gasteiger partial charge is 0.234 e. The van der Waals surface area contributed by atoms with Gasteiger partial charge in [-0.2, -0.15) is 0 Å². The number of aryl methyl sites for hydroxylation is 1. The number of rotatable bonds is 7. The maximum Gasteiger partial charge on any atom is 0.234 e. The minimum Gasteiger partial charge on any atom is -0.322 e. The van der Waals surface area contributed by atoms with Gasteiger partial charge in [-0.15, -0.1) is 5.10 Å². The fourth-order valence-corrected chi connectivity index (χ4v) is 4.19. The molecule has 140 valence electrons. The van der Waals surface area contributed by atoms with Gasteiger partial charge in [0.15, 0.2) is 5.82 Å². The highest BCUT2D eigenvalue weighted by Gasteiger charge is 2.16. The van der Waals surface area contributed by atoms with Gasteiger partial charge in [-0.1, -0.05) is 37.4 Å². The van der Waals surface area contributed by atoms with Crippen LogP contribution >= 0.6 is 27.7 Å². The zero-order valence-electron chi connectivity index (χ0n) is 14.0. The van der Waals surface area contributed by atoms with Gasteiger partial charge in [-0.25, -0.2) is 13.8 Å². The monoisotopic (exact) mass is 444 g/mol. The normalized spacial score (nSPS) is 14.7. The predicted octanol–water partition coefficient (Wildman–Crippen LogP) is 4.70. The molecule has 26 heavy (non-hydrogen) atoms. The fraction of sp³-hybridized carbons (Fsp3) is 0.471. The molecule has 3 rings (SSSR count). The zero-order chi connectivity index (χ0) is 18.5. The first kappa shape index (κ1) is 19.3. The lowest BCUT2D eigenvalue weighted by Crippen LogP contribution is -2.15. The molecule has 1 aliphatic rings. The van der Waals surface area contributed by atoms with E-state index in [2.05, 4.69) is 36.4 Å². The Hall–Kier alpha value is -1.48. The van der Waals surface area contributed by atoms with Crippen molar-refractivity contribution in [3.63, 3.8) is 0 Å². The minimum absolute atomic E-state index is 0.0309. The molecule has 1 aromatic heterocycles. The molecule has 5 nitrogen and oxygen atoms in total. The summed E-state index contributed by atoms with van der Waals surface area (Å²) in [6, 6.07) is 1.82. The highest BCUT2D eigenvalue weighted by Crippen LogP contribution is 2.29. The summed E-state index contributed by atoms with van der Waals surface area (Å²) < 4.78 is 27.0. The van der Waals surface area contributed by atoms with Crippen LogP contribution < -0.4 is 5.32 Å². The number of aromatic amines is 1. The van der Waals surface area contributed by atoms with Crippen LogP contribution in [0.1, 0.15) is 37.9 Å². The highest BCUT2D eigenvalue weighted by molar-refractivity contribution is 9.10. The van der Waals surface area contributed by atoms with Crippen molar-refractivity contribution >= 4 is 39.3 Å². The van der Waals surface area contributed by atoms with Gasteiger partial charge < -0.3 is 5.32 Å². The first-order chi connectivity index (χ1) is 12.5. The number of carbonyl (C=O) groups excluding carboxylic acids is 1. The summed E-state index contributed by atoms with van der Waals surface area (Å²) in [6.45, 7) is 0. The zero-order valence-corrected chi connectivity index (χ0v) is 16.4. The quantitative estimate of drug-likeness (QED) is 0.607. The maximum atomic E-state index is 13.7. The van der Waals surface area contributed by atoms with E-state index in [0.29, 0.717) is 5.16 Å². The van der Waals surface area contributed by atoms with E-state index < -0.39 is 17.5 Å². The van der Waals surface area contributed by atoms with Crippen molar-refractivity contribution in [2.24, 2.45) is 5.92 Å². The van der Waals surface area contributed by atoms with Crippen molar-refractivity contribution in [2.45, 2.75) is 43.7 Å². The molecule has 2 N–H and O–H groups in total.